The number of phenols is 1. The molecule has 3 aromatic rings. The number of halogens is 1. The summed E-state index contributed by atoms with van der Waals surface area (Å²) in [5, 5.41) is 15.1. The van der Waals surface area contributed by atoms with Crippen LogP contribution in [0.1, 0.15) is 81.6 Å². The summed E-state index contributed by atoms with van der Waals surface area (Å²) in [7, 11) is 0. The minimum atomic E-state index is -0.199. The Morgan fingerprint density at radius 2 is 1.56 bits per heavy atom. The van der Waals surface area contributed by atoms with Gasteiger partial charge >= 0.3 is 0 Å². The molecule has 0 fully saturated rings. The number of nitrogens with one attached hydrogen (secondary N) is 1. The summed E-state index contributed by atoms with van der Waals surface area (Å²) in [4.78, 5) is 12.6. The number of aromatic hydroxyl groups is 1. The van der Waals surface area contributed by atoms with Crippen molar-refractivity contribution in [3.05, 3.63) is 80.6 Å². The van der Waals surface area contributed by atoms with E-state index >= 15 is 0 Å². The van der Waals surface area contributed by atoms with Crippen molar-refractivity contribution in [1.29, 1.82) is 0 Å². The number of carbonyl (C=O) groups is 1. The maximum absolute atomic E-state index is 12.6. The molecule has 0 saturated carbocycles. The third-order valence-electron chi connectivity index (χ3n) is 6.37. The van der Waals surface area contributed by atoms with E-state index in [2.05, 4.69) is 97.7 Å². The standard InChI is InChI=1S/C30H38BrN3O2/c1-19-15-22(20(2)34(19)24-12-10-23(31)11-13-24)18-32-33-27(35)14-9-21-16-25(29(3,4)5)28(36)26(17-21)30(6,7)8/h10-13,15-18,36H,9,14H2,1-8H3,(H,33,35)/b32-18-. The number of rotatable bonds is 6. The summed E-state index contributed by atoms with van der Waals surface area (Å²) in [5.41, 5.74) is 9.32. The molecule has 0 aliphatic heterocycles. The van der Waals surface area contributed by atoms with E-state index in [1.54, 1.807) is 6.21 Å². The highest BCUT2D eigenvalue weighted by Gasteiger charge is 2.26. The van der Waals surface area contributed by atoms with E-state index in [0.717, 1.165) is 43.8 Å². The fraction of sp³-hybridized carbons (Fsp3) is 0.400. The predicted octanol–water partition coefficient (Wildman–Crippen LogP) is 7.24. The van der Waals surface area contributed by atoms with Gasteiger partial charge in [0.05, 0.1) is 6.21 Å². The molecule has 0 unspecified atom stereocenters. The summed E-state index contributed by atoms with van der Waals surface area (Å²) in [6.45, 7) is 16.6. The summed E-state index contributed by atoms with van der Waals surface area (Å²) in [6, 6.07) is 14.3. The number of aromatic nitrogens is 1. The maximum Gasteiger partial charge on any atom is 0.240 e. The molecule has 5 nitrogen and oxygen atoms in total. The lowest BCUT2D eigenvalue weighted by atomic mass is 9.78. The average molecular weight is 553 g/mol. The van der Waals surface area contributed by atoms with Crippen molar-refractivity contribution in [1.82, 2.24) is 9.99 Å². The van der Waals surface area contributed by atoms with Gasteiger partial charge in [-0.3, -0.25) is 4.79 Å². The van der Waals surface area contributed by atoms with Gasteiger partial charge in [-0.05, 0) is 78.1 Å². The molecular formula is C30H38BrN3O2. The molecule has 0 aliphatic carbocycles. The zero-order chi connectivity index (χ0) is 26.8. The fourth-order valence-electron chi connectivity index (χ4n) is 4.38. The van der Waals surface area contributed by atoms with E-state index in [-0.39, 0.29) is 16.7 Å². The minimum absolute atomic E-state index is 0.143. The van der Waals surface area contributed by atoms with E-state index in [1.165, 1.54) is 0 Å². The lowest BCUT2D eigenvalue weighted by Gasteiger charge is -2.28. The van der Waals surface area contributed by atoms with Gasteiger partial charge in [0.15, 0.2) is 0 Å². The van der Waals surface area contributed by atoms with Crippen LogP contribution >= 0.6 is 15.9 Å². The van der Waals surface area contributed by atoms with Crippen molar-refractivity contribution < 1.29 is 9.90 Å². The summed E-state index contributed by atoms with van der Waals surface area (Å²) >= 11 is 3.48. The van der Waals surface area contributed by atoms with Gasteiger partial charge < -0.3 is 9.67 Å². The molecule has 0 atom stereocenters. The third kappa shape index (κ3) is 6.47. The molecule has 0 aliphatic rings. The second-order valence-corrected chi connectivity index (χ2v) is 12.4. The molecule has 0 saturated heterocycles. The van der Waals surface area contributed by atoms with Crippen LogP contribution in [-0.4, -0.2) is 21.8 Å². The Hall–Kier alpha value is -2.86. The third-order valence-corrected chi connectivity index (χ3v) is 6.90. The second-order valence-electron chi connectivity index (χ2n) is 11.5. The number of carbonyl (C=O) groups excluding carboxylic acids is 1. The normalized spacial score (nSPS) is 12.4. The SMILES string of the molecule is Cc1cc(/C=N\NC(=O)CCc2cc(C(C)(C)C)c(O)c(C(C)(C)C)c2)c(C)n1-c1ccc(Br)cc1. The van der Waals surface area contributed by atoms with Crippen molar-refractivity contribution in [2.45, 2.75) is 79.1 Å². The lowest BCUT2D eigenvalue weighted by molar-refractivity contribution is -0.121. The number of aryl methyl sites for hydroxylation is 2. The first kappa shape index (κ1) is 27.7. The number of hydrazone groups is 1. The Balaban J connectivity index is 1.70. The number of amides is 1. The summed E-state index contributed by atoms with van der Waals surface area (Å²) in [5.74, 6) is 0.212. The number of hydrogen-bond acceptors (Lipinski definition) is 3. The van der Waals surface area contributed by atoms with E-state index in [4.69, 9.17) is 0 Å². The monoisotopic (exact) mass is 551 g/mol. The first-order chi connectivity index (χ1) is 16.7. The van der Waals surface area contributed by atoms with Gasteiger partial charge in [-0.25, -0.2) is 5.43 Å². The molecule has 1 heterocycles. The lowest BCUT2D eigenvalue weighted by Crippen LogP contribution is -2.20. The van der Waals surface area contributed by atoms with Crippen molar-refractivity contribution in [3.8, 4) is 11.4 Å². The first-order valence-electron chi connectivity index (χ1n) is 12.3. The molecule has 0 spiro atoms. The van der Waals surface area contributed by atoms with Crippen LogP contribution in [-0.2, 0) is 22.0 Å². The molecule has 1 aromatic heterocycles. The first-order valence-corrected chi connectivity index (χ1v) is 13.1. The van der Waals surface area contributed by atoms with Crippen molar-refractivity contribution in [3.63, 3.8) is 0 Å². The van der Waals surface area contributed by atoms with Gasteiger partial charge in [0.25, 0.3) is 0 Å². The quantitative estimate of drug-likeness (QED) is 0.250. The predicted molar refractivity (Wildman–Crippen MR) is 153 cm³/mol. The van der Waals surface area contributed by atoms with Crippen LogP contribution in [0.25, 0.3) is 5.69 Å². The molecular weight excluding hydrogens is 514 g/mol. The molecule has 36 heavy (non-hydrogen) atoms. The second kappa shape index (κ2) is 10.6. The number of nitrogens with zero attached hydrogens (tertiary/aromatic N) is 2. The van der Waals surface area contributed by atoms with E-state index in [0.29, 0.717) is 18.6 Å². The van der Waals surface area contributed by atoms with E-state index in [1.807, 2.05) is 31.2 Å². The Bertz CT molecular complexity index is 1240. The Morgan fingerprint density at radius 3 is 2.08 bits per heavy atom. The van der Waals surface area contributed by atoms with Crippen molar-refractivity contribution >= 4 is 28.1 Å². The Morgan fingerprint density at radius 1 is 1.00 bits per heavy atom. The van der Waals surface area contributed by atoms with Gasteiger partial charge in [0.2, 0.25) is 5.91 Å². The zero-order valence-corrected chi connectivity index (χ0v) is 24.2. The van der Waals surface area contributed by atoms with Crippen LogP contribution in [0, 0.1) is 13.8 Å². The molecule has 1 amide bonds. The van der Waals surface area contributed by atoms with Crippen molar-refractivity contribution in [2.24, 2.45) is 5.10 Å². The van der Waals surface area contributed by atoms with Crippen LogP contribution in [0.15, 0.2) is 52.0 Å². The average Bonchev–Trinajstić information content (AvgIpc) is 3.05. The number of phenolic OH excluding ortho intramolecular Hbond substituents is 1. The largest absolute Gasteiger partial charge is 0.507 e. The van der Waals surface area contributed by atoms with Gasteiger partial charge in [-0.1, -0.05) is 69.6 Å². The van der Waals surface area contributed by atoms with Crippen LogP contribution in [0.4, 0.5) is 0 Å². The van der Waals surface area contributed by atoms with Crippen LogP contribution in [0.2, 0.25) is 0 Å². The Labute approximate surface area is 223 Å². The highest BCUT2D eigenvalue weighted by molar-refractivity contribution is 9.10. The smallest absolute Gasteiger partial charge is 0.240 e. The summed E-state index contributed by atoms with van der Waals surface area (Å²) < 4.78 is 3.20. The highest BCUT2D eigenvalue weighted by Crippen LogP contribution is 2.40. The molecule has 0 bridgehead atoms. The molecule has 6 heteroatoms. The summed E-state index contributed by atoms with van der Waals surface area (Å²) in [6.07, 6.45) is 2.59. The van der Waals surface area contributed by atoms with Crippen LogP contribution in [0.5, 0.6) is 5.75 Å². The van der Waals surface area contributed by atoms with Gasteiger partial charge in [0, 0.05) is 33.5 Å². The molecule has 3 rings (SSSR count). The van der Waals surface area contributed by atoms with Crippen LogP contribution < -0.4 is 5.43 Å². The maximum atomic E-state index is 12.6. The molecule has 2 aromatic carbocycles. The van der Waals surface area contributed by atoms with E-state index < -0.39 is 0 Å². The van der Waals surface area contributed by atoms with Gasteiger partial charge in [-0.15, -0.1) is 0 Å². The molecule has 0 radical (unpaired) electrons. The van der Waals surface area contributed by atoms with Crippen LogP contribution in [0.3, 0.4) is 0 Å². The van der Waals surface area contributed by atoms with Gasteiger partial charge in [0.1, 0.15) is 5.75 Å². The zero-order valence-electron chi connectivity index (χ0n) is 22.7. The van der Waals surface area contributed by atoms with E-state index in [9.17, 15) is 9.90 Å². The number of benzene rings is 2. The molecule has 2 N–H and O–H groups in total. The van der Waals surface area contributed by atoms with Crippen molar-refractivity contribution in [2.75, 3.05) is 0 Å². The highest BCUT2D eigenvalue weighted by atomic mass is 79.9. The minimum Gasteiger partial charge on any atom is -0.507 e. The Kier molecular flexibility index (Phi) is 8.19. The number of hydrogen-bond donors (Lipinski definition) is 2. The molecule has 192 valence electrons. The fourth-order valence-corrected chi connectivity index (χ4v) is 4.64. The van der Waals surface area contributed by atoms with Gasteiger partial charge in [-0.2, -0.15) is 5.10 Å². The topological polar surface area (TPSA) is 66.6 Å².